The standard InChI is InChI=1S/CH2O3.Li.H3N.H2O4S/c2-1(3)4;;;1-5(2,3)4/h(H2,2,3,4);;1H3;(H2,1,2,3,4)/q;+1;;/p-1. The van der Waals surface area contributed by atoms with Crippen molar-refractivity contribution in [1.29, 1.82) is 0 Å². The molecule has 0 aromatic heterocycles. The molecule has 0 unspecified atom stereocenters. The zero-order chi connectivity index (χ0) is 8.08. The smallest absolute Gasteiger partial charge is 0.726 e. The summed E-state index contributed by atoms with van der Waals surface area (Å²) in [4.78, 5) is 8.56. The van der Waals surface area contributed by atoms with Crippen LogP contribution in [0.5, 0.6) is 0 Å². The van der Waals surface area contributed by atoms with E-state index in [0.29, 0.717) is 0 Å². The van der Waals surface area contributed by atoms with Gasteiger partial charge < -0.3 is 20.9 Å². The topological polar surface area (TPSA) is 170 Å². The fourth-order valence-corrected chi connectivity index (χ4v) is 0. The third-order valence-electron chi connectivity index (χ3n) is 0. The number of hydrogen-bond acceptors (Lipinski definition) is 5. The molecule has 0 aliphatic rings. The van der Waals surface area contributed by atoms with Crippen LogP contribution in [0.2, 0.25) is 0 Å². The first-order chi connectivity index (χ1) is 3.73. The molecule has 0 bridgehead atoms. The molecular weight excluding hydrogens is 177 g/mol. The van der Waals surface area contributed by atoms with Gasteiger partial charge in [0.15, 0.2) is 0 Å². The summed E-state index contributed by atoms with van der Waals surface area (Å²) >= 11 is 0. The minimum absolute atomic E-state index is 0. The van der Waals surface area contributed by atoms with E-state index >= 15 is 0 Å². The fraction of sp³-hybridized carbons (Fsp3) is 0. The van der Waals surface area contributed by atoms with Crippen molar-refractivity contribution in [2.24, 2.45) is 0 Å². The van der Waals surface area contributed by atoms with Crippen LogP contribution in [-0.4, -0.2) is 33.9 Å². The van der Waals surface area contributed by atoms with Gasteiger partial charge in [-0.2, -0.15) is 0 Å². The molecule has 0 saturated carbocycles. The van der Waals surface area contributed by atoms with Gasteiger partial charge in [0.25, 0.3) is 0 Å². The van der Waals surface area contributed by atoms with Gasteiger partial charge in [0, 0.05) is 0 Å². The van der Waals surface area contributed by atoms with Crippen molar-refractivity contribution >= 4 is 16.6 Å². The van der Waals surface area contributed by atoms with E-state index in [-0.39, 0.29) is 25.0 Å². The maximum Gasteiger partial charge on any atom is 1.00 e. The summed E-state index contributed by atoms with van der Waals surface area (Å²) < 4.78 is 32.8. The van der Waals surface area contributed by atoms with E-state index in [9.17, 15) is 0 Å². The summed E-state index contributed by atoms with van der Waals surface area (Å²) in [5, 5.41) is 13.9. The first kappa shape index (κ1) is 22.4. The Balaban J connectivity index is -0.0000000383. The average Bonchev–Trinajstić information content (AvgIpc) is 1.19. The Labute approximate surface area is 74.6 Å². The van der Waals surface area contributed by atoms with Gasteiger partial charge in [0.2, 0.25) is 10.4 Å². The molecule has 0 aromatic rings. The summed E-state index contributed by atoms with van der Waals surface area (Å²) in [6.07, 6.45) is -1.83. The monoisotopic (exact) mass is 183 g/mol. The number of rotatable bonds is 0. The summed E-state index contributed by atoms with van der Waals surface area (Å²) in [6, 6.07) is 0. The van der Waals surface area contributed by atoms with Crippen LogP contribution in [0.3, 0.4) is 0 Å². The van der Waals surface area contributed by atoms with Crippen molar-refractivity contribution in [2.45, 2.75) is 0 Å². The van der Waals surface area contributed by atoms with Crippen LogP contribution in [0.15, 0.2) is 0 Å². The molecule has 0 aliphatic heterocycles. The van der Waals surface area contributed by atoms with Crippen LogP contribution in [0.25, 0.3) is 0 Å². The van der Waals surface area contributed by atoms with E-state index < -0.39 is 16.6 Å². The Hall–Kier alpha value is -0.303. The molecule has 6 N–H and O–H groups in total. The second-order valence-corrected chi connectivity index (χ2v) is 1.57. The second-order valence-electron chi connectivity index (χ2n) is 0.710. The number of hydrogen-bond donors (Lipinski definition) is 4. The quantitative estimate of drug-likeness (QED) is 0.169. The molecule has 0 heterocycles. The van der Waals surface area contributed by atoms with Crippen molar-refractivity contribution in [3.05, 3.63) is 0 Å². The first-order valence-electron chi connectivity index (χ1n) is 1.33. The molecule has 0 fully saturated rings. The van der Waals surface area contributed by atoms with E-state index in [2.05, 4.69) is 0 Å². The van der Waals surface area contributed by atoms with E-state index in [4.69, 9.17) is 32.5 Å². The van der Waals surface area contributed by atoms with Gasteiger partial charge in [0.1, 0.15) is 0 Å². The number of carboxylic acid groups (broad SMARTS) is 2. The Kier molecular flexibility index (Phi) is 19.8. The van der Waals surface area contributed by atoms with Crippen LogP contribution >= 0.6 is 0 Å². The molecule has 8 nitrogen and oxygen atoms in total. The van der Waals surface area contributed by atoms with Gasteiger partial charge in [-0.1, -0.05) is 0 Å². The van der Waals surface area contributed by atoms with Crippen LogP contribution in [0.1, 0.15) is 0 Å². The van der Waals surface area contributed by atoms with E-state index in [1.165, 1.54) is 0 Å². The summed E-state index contributed by atoms with van der Waals surface area (Å²) in [5.74, 6) is 0. The predicted molar refractivity (Wildman–Crippen MR) is 28.0 cm³/mol. The van der Waals surface area contributed by atoms with Crippen molar-refractivity contribution in [3.8, 4) is 0 Å². The maximum atomic E-state index is 8.63. The van der Waals surface area contributed by atoms with Gasteiger partial charge in [0.05, 0.1) is 0 Å². The van der Waals surface area contributed by atoms with Gasteiger partial charge in [-0.15, -0.1) is 0 Å². The Morgan fingerprint density at radius 1 is 1.27 bits per heavy atom. The molecule has 0 radical (unpaired) electrons. The fourth-order valence-electron chi connectivity index (χ4n) is 0. The Morgan fingerprint density at radius 2 is 1.27 bits per heavy atom. The first-order valence-corrected chi connectivity index (χ1v) is 2.70. The van der Waals surface area contributed by atoms with Crippen molar-refractivity contribution < 1.29 is 51.4 Å². The van der Waals surface area contributed by atoms with Gasteiger partial charge >= 0.3 is 25.0 Å². The molecule has 0 spiro atoms. The molecule has 0 amide bonds. The maximum absolute atomic E-state index is 8.63. The minimum Gasteiger partial charge on any atom is -0.726 e. The average molecular weight is 183 g/mol. The summed E-state index contributed by atoms with van der Waals surface area (Å²) in [7, 11) is -4.92. The Morgan fingerprint density at radius 3 is 1.27 bits per heavy atom. The molecule has 10 heteroatoms. The molecule has 0 saturated heterocycles. The number of carbonyl (C=O) groups is 1. The van der Waals surface area contributed by atoms with Crippen LogP contribution in [-0.2, 0) is 10.4 Å². The Bertz CT molecular complexity index is 161. The van der Waals surface area contributed by atoms with E-state index in [1.54, 1.807) is 0 Å². The van der Waals surface area contributed by atoms with Gasteiger partial charge in [-0.3, -0.25) is 4.55 Å². The van der Waals surface area contributed by atoms with Crippen molar-refractivity contribution in [1.82, 2.24) is 6.15 Å². The molecule has 0 aromatic carbocycles. The van der Waals surface area contributed by atoms with Crippen molar-refractivity contribution in [3.63, 3.8) is 0 Å². The van der Waals surface area contributed by atoms with Crippen molar-refractivity contribution in [2.75, 3.05) is 0 Å². The summed E-state index contributed by atoms with van der Waals surface area (Å²) in [5.41, 5.74) is 0. The molecule has 0 atom stereocenters. The third-order valence-corrected chi connectivity index (χ3v) is 0. The van der Waals surface area contributed by atoms with Crippen LogP contribution in [0, 0.1) is 0 Å². The predicted octanol–water partition coefficient (Wildman–Crippen LogP) is -3.61. The van der Waals surface area contributed by atoms with Crippen LogP contribution in [0.4, 0.5) is 4.79 Å². The zero-order valence-electron chi connectivity index (χ0n) is 5.59. The zero-order valence-corrected chi connectivity index (χ0v) is 6.41. The van der Waals surface area contributed by atoms with Gasteiger partial charge in [-0.25, -0.2) is 13.2 Å². The molecule has 0 aliphatic carbocycles. The largest absolute Gasteiger partial charge is 1.00 e. The second kappa shape index (κ2) is 9.70. The molecule has 64 valence electrons. The SMILES string of the molecule is N.O=C(O)O.O=S(=O)([O-])O.[Li+]. The molecule has 0 rings (SSSR count). The van der Waals surface area contributed by atoms with Gasteiger partial charge in [-0.05, 0) is 0 Å². The molecule has 11 heavy (non-hydrogen) atoms. The van der Waals surface area contributed by atoms with Crippen LogP contribution < -0.4 is 25.0 Å². The van der Waals surface area contributed by atoms with E-state index in [0.717, 1.165) is 0 Å². The molecular formula is CH6LiNO7S. The minimum atomic E-state index is -4.92. The normalized spacial score (nSPS) is 7.45. The third kappa shape index (κ3) is 6270. The van der Waals surface area contributed by atoms with E-state index in [1.807, 2.05) is 0 Å². The summed E-state index contributed by atoms with van der Waals surface area (Å²) in [6.45, 7) is 0.